The molecule has 2 aromatic rings. The van der Waals surface area contributed by atoms with Crippen molar-refractivity contribution in [2.45, 2.75) is 83.7 Å². The Morgan fingerprint density at radius 1 is 0.508 bits per heavy atom. The zero-order valence-electron chi connectivity index (χ0n) is 30.3. The van der Waals surface area contributed by atoms with Crippen molar-refractivity contribution in [1.29, 1.82) is 0 Å². The van der Waals surface area contributed by atoms with Gasteiger partial charge in [0.15, 0.2) is 7.14 Å². The summed E-state index contributed by atoms with van der Waals surface area (Å²) in [6.45, 7) is 2.66. The van der Waals surface area contributed by atoms with Crippen molar-refractivity contribution in [3.63, 3.8) is 0 Å². The first-order valence-electron chi connectivity index (χ1n) is 15.7. The van der Waals surface area contributed by atoms with Crippen LogP contribution in [0.15, 0.2) is 54.6 Å². The van der Waals surface area contributed by atoms with Crippen LogP contribution in [-0.4, -0.2) is 139 Å². The van der Waals surface area contributed by atoms with Crippen LogP contribution in [0.1, 0.15) is 77.6 Å². The fourth-order valence-electron chi connectivity index (χ4n) is 3.36. The summed E-state index contributed by atoms with van der Waals surface area (Å²) in [7, 11) is 0. The molecule has 352 valence electrons. The van der Waals surface area contributed by atoms with E-state index in [4.69, 9.17) is 63.5 Å². The molecule has 1 unspecified atom stereocenters. The van der Waals surface area contributed by atoms with E-state index >= 15 is 0 Å². The van der Waals surface area contributed by atoms with E-state index in [-0.39, 0.29) is 27.3 Å². The maximum atomic E-state index is 10.2. The molecule has 0 saturated carbocycles. The molecule has 0 heterocycles. The Kier molecular flexibility index (Phi) is 46.1. The molecular weight excluding hydrogens is 1600 g/mol. The normalized spacial score (nSPS) is 11.9. The SMILES string of the molecule is CCCCCCCCCCCCC(O)COc1cccc([I+]c2ccccc2)c1.[O]=[Sb]([O-])([O-])[F].[O]=[Sb]([O-])([O-])[F].[O]=[Sb]([O-])([O-])[F].[O]=[Sb]([O-])([O-])[F].[O]=[Sb]([O-])([O-])[F].[O]=[Sb]([O-])([O-])[F]. The number of rotatable bonds is 16. The number of ether oxygens (including phenoxy) is 1. The first-order chi connectivity index (χ1) is 26.3. The van der Waals surface area contributed by atoms with Gasteiger partial charge in [-0.25, -0.2) is 0 Å². The summed E-state index contributed by atoms with van der Waals surface area (Å²) in [6.07, 6.45) is 13.7. The van der Waals surface area contributed by atoms with Crippen molar-refractivity contribution < 1.29 is 107 Å². The fraction of sp³-hybridized carbons (Fsp3) is 0.538. The molecule has 33 heteroatoms. The maximum absolute atomic E-state index is 10.2. The van der Waals surface area contributed by atoms with Gasteiger partial charge in [-0.3, -0.25) is 0 Å². The third-order valence-electron chi connectivity index (χ3n) is 5.08. The summed E-state index contributed by atoms with van der Waals surface area (Å²) in [5, 5.41) is 10.2. The molecule has 1 atom stereocenters. The molecule has 2 rings (SSSR count). The molecule has 0 aliphatic rings. The molecule has 0 amide bonds. The molecule has 1 N–H and O–H groups in total. The standard InChI is InChI=1S/C26H38IO2.6FH.18O.6Sb/c1-2-3-4-5-6-7-8-9-10-14-19-25(28)22-29-26-20-15-18-24(21-26)27-23-16-12-11-13-17-23;;;;;;;;;;;;;;;;;;;;;;;;;;;;;;/h11-13,15-18,20-21,25,28H,2-10,14,19,22H2,1H3;6*1H;;;;;;;;;;;;;;;;;;;;;;;;/q+1;;;;;;;;;;;;;12*-1;6*+1/p-6. The molecule has 0 aromatic heterocycles. The van der Waals surface area contributed by atoms with Crippen LogP contribution in [0, 0.1) is 7.14 Å². The third-order valence-corrected chi connectivity index (χ3v) is 7.72. The predicted molar refractivity (Wildman–Crippen MR) is 164 cm³/mol. The Bertz CT molecular complexity index is 1400. The molecule has 0 aliphatic carbocycles. The molecule has 0 aliphatic heterocycles. The zero-order valence-corrected chi connectivity index (χ0v) is 47.8. The van der Waals surface area contributed by atoms with Crippen LogP contribution in [0.3, 0.4) is 0 Å². The van der Waals surface area contributed by atoms with Crippen LogP contribution >= 0.6 is 0 Å². The molecule has 20 nitrogen and oxygen atoms in total. The number of benzene rings is 2. The number of hydrogen-bond donors (Lipinski definition) is 1. The summed E-state index contributed by atoms with van der Waals surface area (Å²) >= 11 is -38.3. The average Bonchev–Trinajstić information content (AvgIpc) is 2.97. The minimum atomic E-state index is -6.35. The monoisotopic (exact) mass is 1640 g/mol. The van der Waals surface area contributed by atoms with E-state index in [0.29, 0.717) is 6.61 Å². The van der Waals surface area contributed by atoms with Crippen LogP contribution in [0.5, 0.6) is 5.75 Å². The number of aliphatic hydroxyl groups excluding tert-OH is 1. The van der Waals surface area contributed by atoms with E-state index in [9.17, 15) is 22.0 Å². The van der Waals surface area contributed by atoms with Gasteiger partial charge < -0.3 is 9.84 Å². The van der Waals surface area contributed by atoms with Gasteiger partial charge in [-0.15, -0.1) is 0 Å². The predicted octanol–water partition coefficient (Wildman–Crippen LogP) is -10.9. The van der Waals surface area contributed by atoms with Crippen LogP contribution in [0.2, 0.25) is 0 Å². The second kappa shape index (κ2) is 39.0. The van der Waals surface area contributed by atoms with Crippen molar-refractivity contribution in [3.05, 3.63) is 61.7 Å². The first kappa shape index (κ1) is 69.8. The van der Waals surface area contributed by atoms with Gasteiger partial charge in [0.25, 0.3) is 0 Å². The van der Waals surface area contributed by atoms with E-state index in [0.717, 1.165) is 18.6 Å². The summed E-state index contributed by atoms with van der Waals surface area (Å²) in [4.78, 5) is 0. The summed E-state index contributed by atoms with van der Waals surface area (Å²) in [6, 6.07) is 19.0. The molecule has 0 spiro atoms. The number of halogens is 7. The quantitative estimate of drug-likeness (QED) is 0.0706. The molecule has 59 heavy (non-hydrogen) atoms. The molecule has 0 saturated heterocycles. The van der Waals surface area contributed by atoms with Gasteiger partial charge in [0.2, 0.25) is 0 Å². The average molecular weight is 1640 g/mol. The summed E-state index contributed by atoms with van der Waals surface area (Å²) in [5.74, 6) is 0.875. The Hall–Kier alpha value is 1.74. The fourth-order valence-corrected chi connectivity index (χ4v) is 5.71. The minimum absolute atomic E-state index is 0.180. The van der Waals surface area contributed by atoms with Crippen LogP contribution in [0.25, 0.3) is 0 Å². The molecule has 0 bridgehead atoms. The van der Waals surface area contributed by atoms with Crippen LogP contribution < -0.4 is 66.6 Å². The summed E-state index contributed by atoms with van der Waals surface area (Å²) < 4.78 is 223. The Labute approximate surface area is 380 Å². The van der Waals surface area contributed by atoms with Gasteiger partial charge in [0, 0.05) is 6.07 Å². The van der Waals surface area contributed by atoms with Gasteiger partial charge in [0.05, 0.1) is 6.10 Å². The Morgan fingerprint density at radius 2 is 0.814 bits per heavy atom. The van der Waals surface area contributed by atoms with E-state index in [1.165, 1.54) is 64.9 Å². The van der Waals surface area contributed by atoms with Gasteiger partial charge >= 0.3 is 218 Å². The van der Waals surface area contributed by atoms with Gasteiger partial charge in [0.1, 0.15) is 12.4 Å². The number of aliphatic hydroxyl groups is 1. The van der Waals surface area contributed by atoms with E-state index in [1.54, 1.807) is 0 Å². The van der Waals surface area contributed by atoms with Crippen LogP contribution in [0.4, 0.5) is 16.9 Å². The Morgan fingerprint density at radius 3 is 1.15 bits per heavy atom. The molecule has 2 aromatic carbocycles. The van der Waals surface area contributed by atoms with Gasteiger partial charge in [-0.1, -0.05) is 95.4 Å². The number of hydrogen-bond acceptors (Lipinski definition) is 20. The number of unbranched alkanes of at least 4 members (excludes halogenated alkanes) is 9. The van der Waals surface area contributed by atoms with Crippen molar-refractivity contribution in [2.24, 2.45) is 0 Å². The van der Waals surface area contributed by atoms with Crippen molar-refractivity contribution in [3.8, 4) is 5.75 Å². The second-order valence-corrected chi connectivity index (χ2v) is 28.1. The van der Waals surface area contributed by atoms with Gasteiger partial charge in [-0.05, 0) is 30.7 Å². The first-order valence-corrected chi connectivity index (χ1v) is 42.4. The molecule has 0 radical (unpaired) electrons. The van der Waals surface area contributed by atoms with Crippen molar-refractivity contribution >= 4 is 121 Å². The molecule has 0 fully saturated rings. The van der Waals surface area contributed by atoms with Gasteiger partial charge in [-0.2, -0.15) is 0 Å². The van der Waals surface area contributed by atoms with Crippen molar-refractivity contribution in [2.75, 3.05) is 6.61 Å². The zero-order chi connectivity index (χ0) is 47.6. The summed E-state index contributed by atoms with van der Waals surface area (Å²) in [5.41, 5.74) is 0. The van der Waals surface area contributed by atoms with Crippen molar-refractivity contribution in [1.82, 2.24) is 0 Å². The Balaban J connectivity index is -0.000000260. The topological polar surface area (TPSA) is 409 Å². The van der Waals surface area contributed by atoms with E-state index in [2.05, 4.69) is 55.5 Å². The van der Waals surface area contributed by atoms with E-state index < -0.39 is 121 Å². The van der Waals surface area contributed by atoms with E-state index in [1.807, 2.05) is 6.07 Å². The van der Waals surface area contributed by atoms with Crippen LogP contribution in [-0.2, 0) is 18.1 Å². The molecular formula is C26H38F6IO20Sb6-11. The second-order valence-electron chi connectivity index (χ2n) is 10.4. The third kappa shape index (κ3) is 120.